The Morgan fingerprint density at radius 3 is 2.04 bits per heavy atom. The predicted octanol–water partition coefficient (Wildman–Crippen LogP) is 2.75. The van der Waals surface area contributed by atoms with Crippen LogP contribution in [0.2, 0.25) is 0 Å². The number of hydrogen-bond acceptors (Lipinski definition) is 10. The lowest BCUT2D eigenvalue weighted by Gasteiger charge is -2.29. The standard InChI is InChI=1S/C42H61N5O10/c1-12-32-39(51)46-36(42(54)57-11)28(7)38(50)45-35(24(2)3)40(52)43-30(27(6)37(49)44-31(41(53)56-10)20-21-34(48)47(32)8)19-18-25(4)22-26(5)33(55-9)23-29-16-14-13-15-17-29/h12-19,22,24,26-28,30-31,33,35-36H,20-21,23H2,1-11H3,(H,43,52)(H,44,49)(H,45,50)(H,46,51)/b19-18+,25-22+,32-12-/t26-,27-,28-,30-,31+,33-,35-,36+/m0/s1. The largest absolute Gasteiger partial charge is 0.467 e. The first-order chi connectivity index (χ1) is 26.9. The van der Waals surface area contributed by atoms with Gasteiger partial charge in [0.15, 0.2) is 0 Å². The van der Waals surface area contributed by atoms with Gasteiger partial charge in [-0.2, -0.15) is 0 Å². The second-order valence-corrected chi connectivity index (χ2v) is 14.7. The number of ether oxygens (including phenoxy) is 3. The van der Waals surface area contributed by atoms with Crippen LogP contribution in [-0.2, 0) is 54.2 Å². The van der Waals surface area contributed by atoms with Crippen molar-refractivity contribution in [2.24, 2.45) is 23.7 Å². The van der Waals surface area contributed by atoms with E-state index in [4.69, 9.17) is 14.2 Å². The molecule has 0 spiro atoms. The number of rotatable bonds is 10. The highest BCUT2D eigenvalue weighted by Gasteiger charge is 2.38. The van der Waals surface area contributed by atoms with Gasteiger partial charge >= 0.3 is 11.9 Å². The lowest BCUT2D eigenvalue weighted by molar-refractivity contribution is -0.149. The van der Waals surface area contributed by atoms with Crippen LogP contribution in [0, 0.1) is 23.7 Å². The number of benzene rings is 1. The Hall–Kier alpha value is -5.31. The van der Waals surface area contributed by atoms with Crippen LogP contribution in [0.5, 0.6) is 0 Å². The van der Waals surface area contributed by atoms with Gasteiger partial charge in [-0.3, -0.25) is 24.0 Å². The van der Waals surface area contributed by atoms with Gasteiger partial charge in [-0.25, -0.2) is 9.59 Å². The number of carbonyl (C=O) groups excluding carboxylic acids is 7. The first kappa shape index (κ1) is 47.8. The molecule has 0 aromatic heterocycles. The van der Waals surface area contributed by atoms with Crippen LogP contribution >= 0.6 is 0 Å². The fourth-order valence-corrected chi connectivity index (χ4v) is 6.36. The van der Waals surface area contributed by atoms with E-state index in [1.807, 2.05) is 50.3 Å². The Kier molecular flexibility index (Phi) is 19.3. The van der Waals surface area contributed by atoms with Crippen molar-refractivity contribution in [3.05, 3.63) is 71.5 Å². The van der Waals surface area contributed by atoms with Gasteiger partial charge in [0.2, 0.25) is 23.6 Å². The summed E-state index contributed by atoms with van der Waals surface area (Å²) in [5.74, 6) is -7.84. The third-order valence-electron chi connectivity index (χ3n) is 10.1. The highest BCUT2D eigenvalue weighted by Crippen LogP contribution is 2.19. The molecule has 15 nitrogen and oxygen atoms in total. The Labute approximate surface area is 336 Å². The molecule has 0 radical (unpaired) electrons. The molecular weight excluding hydrogens is 734 g/mol. The molecule has 1 aliphatic heterocycles. The molecule has 4 N–H and O–H groups in total. The summed E-state index contributed by atoms with van der Waals surface area (Å²) < 4.78 is 15.6. The highest BCUT2D eigenvalue weighted by molar-refractivity contribution is 6.00. The molecule has 5 amide bonds. The Morgan fingerprint density at radius 2 is 1.47 bits per heavy atom. The molecule has 2 rings (SSSR count). The average molecular weight is 796 g/mol. The summed E-state index contributed by atoms with van der Waals surface area (Å²) in [6.45, 7) is 11.8. The van der Waals surface area contributed by atoms with Gasteiger partial charge in [0.05, 0.1) is 38.2 Å². The van der Waals surface area contributed by atoms with Gasteiger partial charge in [0, 0.05) is 26.5 Å². The SMILES string of the molecule is C/C=C1/C(=O)N[C@@H](C(=O)OC)[C@H](C)C(=O)N[C@@H](C(C)C)C(=O)N[C@@H](/C=C/C(C)=C/[C@H](C)[C@H](Cc2ccccc2)OC)[C@H](C)C(=O)N[C@@H](C(=O)OC)CCC(=O)N1C. The molecule has 1 aromatic rings. The molecule has 15 heteroatoms. The van der Waals surface area contributed by atoms with Crippen LogP contribution in [0.1, 0.15) is 66.9 Å². The molecule has 0 bridgehead atoms. The van der Waals surface area contributed by atoms with Crippen molar-refractivity contribution >= 4 is 41.5 Å². The summed E-state index contributed by atoms with van der Waals surface area (Å²) in [6, 6.07) is 5.12. The third-order valence-corrected chi connectivity index (χ3v) is 10.1. The van der Waals surface area contributed by atoms with Gasteiger partial charge in [-0.1, -0.05) is 94.8 Å². The van der Waals surface area contributed by atoms with Crippen LogP contribution in [-0.4, -0.2) is 105 Å². The van der Waals surface area contributed by atoms with E-state index in [1.165, 1.54) is 27.0 Å². The summed E-state index contributed by atoms with van der Waals surface area (Å²) in [4.78, 5) is 95.2. The molecule has 57 heavy (non-hydrogen) atoms. The van der Waals surface area contributed by atoms with E-state index in [2.05, 4.69) is 21.3 Å². The van der Waals surface area contributed by atoms with Crippen molar-refractivity contribution in [1.29, 1.82) is 0 Å². The van der Waals surface area contributed by atoms with Crippen LogP contribution in [0.3, 0.4) is 0 Å². The van der Waals surface area contributed by atoms with Gasteiger partial charge in [0.25, 0.3) is 5.91 Å². The zero-order valence-electron chi connectivity index (χ0n) is 35.0. The first-order valence-corrected chi connectivity index (χ1v) is 19.1. The minimum atomic E-state index is -1.50. The molecule has 1 fully saturated rings. The van der Waals surface area contributed by atoms with Crippen LogP contribution in [0.15, 0.2) is 65.9 Å². The molecule has 1 heterocycles. The van der Waals surface area contributed by atoms with Crippen molar-refractivity contribution in [3.8, 4) is 0 Å². The van der Waals surface area contributed by atoms with Crippen molar-refractivity contribution < 1.29 is 47.8 Å². The van der Waals surface area contributed by atoms with E-state index in [0.29, 0.717) is 6.42 Å². The quantitative estimate of drug-likeness (QED) is 0.155. The molecule has 314 valence electrons. The van der Waals surface area contributed by atoms with E-state index in [1.54, 1.807) is 40.0 Å². The van der Waals surface area contributed by atoms with Crippen LogP contribution < -0.4 is 21.3 Å². The summed E-state index contributed by atoms with van der Waals surface area (Å²) in [6.07, 6.45) is 6.90. The zero-order valence-corrected chi connectivity index (χ0v) is 35.0. The second-order valence-electron chi connectivity index (χ2n) is 14.7. The number of hydrogen-bond donors (Lipinski definition) is 4. The fraction of sp³-hybridized carbons (Fsp3) is 0.548. The molecule has 8 atom stereocenters. The van der Waals surface area contributed by atoms with E-state index in [0.717, 1.165) is 30.3 Å². The van der Waals surface area contributed by atoms with E-state index < -0.39 is 83.4 Å². The van der Waals surface area contributed by atoms with E-state index >= 15 is 0 Å². The first-order valence-electron chi connectivity index (χ1n) is 19.1. The summed E-state index contributed by atoms with van der Waals surface area (Å²) >= 11 is 0. The normalized spacial score (nSPS) is 25.7. The number of carbonyl (C=O) groups is 7. The van der Waals surface area contributed by atoms with Crippen LogP contribution in [0.4, 0.5) is 0 Å². The Bertz CT molecular complexity index is 1670. The minimum absolute atomic E-state index is 0.0164. The maximum Gasteiger partial charge on any atom is 0.329 e. The highest BCUT2D eigenvalue weighted by atomic mass is 16.5. The molecule has 1 saturated heterocycles. The number of amides is 5. The maximum atomic E-state index is 14.0. The summed E-state index contributed by atoms with van der Waals surface area (Å²) in [7, 11) is 5.25. The number of nitrogens with zero attached hydrogens (tertiary/aromatic N) is 1. The number of allylic oxidation sites excluding steroid dienone is 3. The smallest absolute Gasteiger partial charge is 0.329 e. The van der Waals surface area contributed by atoms with Gasteiger partial charge in [-0.15, -0.1) is 0 Å². The van der Waals surface area contributed by atoms with Crippen molar-refractivity contribution in [1.82, 2.24) is 26.2 Å². The number of nitrogens with one attached hydrogen (secondary N) is 4. The van der Waals surface area contributed by atoms with Crippen molar-refractivity contribution in [2.45, 2.75) is 98.0 Å². The van der Waals surface area contributed by atoms with Crippen LogP contribution in [0.25, 0.3) is 0 Å². The van der Waals surface area contributed by atoms with Crippen molar-refractivity contribution in [2.75, 3.05) is 28.4 Å². The maximum absolute atomic E-state index is 14.0. The molecule has 1 aromatic carbocycles. The third kappa shape index (κ3) is 14.0. The number of methoxy groups -OCH3 is 3. The lowest BCUT2D eigenvalue weighted by Crippen LogP contribution is -2.58. The molecule has 0 unspecified atom stereocenters. The molecule has 1 aliphatic rings. The predicted molar refractivity (Wildman–Crippen MR) is 214 cm³/mol. The Morgan fingerprint density at radius 1 is 0.860 bits per heavy atom. The Balaban J connectivity index is 2.62. The number of likely N-dealkylation sites (N-methyl/N-ethyl adjacent to an activating group) is 1. The lowest BCUT2D eigenvalue weighted by atomic mass is 9.94. The number of esters is 2. The minimum Gasteiger partial charge on any atom is -0.467 e. The molecule has 0 saturated carbocycles. The van der Waals surface area contributed by atoms with Crippen molar-refractivity contribution in [3.63, 3.8) is 0 Å². The van der Waals surface area contributed by atoms with Gasteiger partial charge in [0.1, 0.15) is 23.8 Å². The average Bonchev–Trinajstić information content (AvgIpc) is 3.19. The summed E-state index contributed by atoms with van der Waals surface area (Å²) in [5, 5.41) is 10.8. The van der Waals surface area contributed by atoms with E-state index in [-0.39, 0.29) is 30.6 Å². The zero-order chi connectivity index (χ0) is 43.0. The van der Waals surface area contributed by atoms with Gasteiger partial charge < -0.3 is 40.4 Å². The monoisotopic (exact) mass is 795 g/mol. The molecular formula is C42H61N5O10. The second kappa shape index (κ2) is 23.0. The van der Waals surface area contributed by atoms with Gasteiger partial charge in [-0.05, 0) is 38.2 Å². The topological polar surface area (TPSA) is 199 Å². The van der Waals surface area contributed by atoms with E-state index in [9.17, 15) is 33.6 Å². The fourth-order valence-electron chi connectivity index (χ4n) is 6.36. The molecule has 0 aliphatic carbocycles. The summed E-state index contributed by atoms with van der Waals surface area (Å²) in [5.41, 5.74) is 1.81.